The molecule has 3 nitrogen and oxygen atoms in total. The maximum Gasteiger partial charge on any atom is 0.338 e. The number of benzene rings is 3. The van der Waals surface area contributed by atoms with Gasteiger partial charge in [0, 0.05) is 0 Å². The van der Waals surface area contributed by atoms with E-state index in [2.05, 4.69) is 12.1 Å². The summed E-state index contributed by atoms with van der Waals surface area (Å²) >= 11 is 0. The predicted octanol–water partition coefficient (Wildman–Crippen LogP) is 4.84. The number of aryl methyl sites for hydroxylation is 2. The summed E-state index contributed by atoms with van der Waals surface area (Å²) in [6.45, 7) is 0.497. The van der Waals surface area contributed by atoms with Gasteiger partial charge in [-0.3, -0.25) is 0 Å². The third kappa shape index (κ3) is 4.73. The Balaban J connectivity index is 1.76. The van der Waals surface area contributed by atoms with Gasteiger partial charge in [0.15, 0.2) is 0 Å². The Morgan fingerprint density at radius 3 is 2.12 bits per heavy atom. The topological polar surface area (TPSA) is 35.5 Å². The first-order valence-electron chi connectivity index (χ1n) is 8.68. The smallest absolute Gasteiger partial charge is 0.338 e. The molecule has 0 aliphatic rings. The molecule has 0 saturated carbocycles. The van der Waals surface area contributed by atoms with Crippen LogP contribution in [0.2, 0.25) is 0 Å². The molecule has 0 radical (unpaired) electrons. The Hall–Kier alpha value is -3.07. The van der Waals surface area contributed by atoms with E-state index in [1.807, 2.05) is 60.7 Å². The van der Waals surface area contributed by atoms with Crippen molar-refractivity contribution in [2.45, 2.75) is 19.4 Å². The lowest BCUT2D eigenvalue weighted by Crippen LogP contribution is -2.07. The van der Waals surface area contributed by atoms with Gasteiger partial charge in [0.05, 0.1) is 12.7 Å². The van der Waals surface area contributed by atoms with E-state index in [-0.39, 0.29) is 5.97 Å². The molecule has 0 aromatic heterocycles. The van der Waals surface area contributed by atoms with Crippen LogP contribution in [0, 0.1) is 0 Å². The summed E-state index contributed by atoms with van der Waals surface area (Å²) in [4.78, 5) is 12.1. The Bertz CT molecular complexity index is 842. The van der Waals surface area contributed by atoms with Crippen LogP contribution in [0.15, 0.2) is 78.9 Å². The van der Waals surface area contributed by atoms with E-state index < -0.39 is 0 Å². The van der Waals surface area contributed by atoms with Crippen molar-refractivity contribution in [3.05, 3.63) is 101 Å². The standard InChI is InChI=1S/C23H22O3/c1-25-23(24)22-15-14-21(26-17-19-10-6-3-7-11-19)16-20(22)13-12-18-8-4-2-5-9-18/h2-11,14-16H,12-13,17H2,1H3. The number of hydrogen-bond donors (Lipinski definition) is 0. The van der Waals surface area contributed by atoms with Crippen molar-refractivity contribution < 1.29 is 14.3 Å². The fraction of sp³-hybridized carbons (Fsp3) is 0.174. The summed E-state index contributed by atoms with van der Waals surface area (Å²) < 4.78 is 10.8. The molecule has 0 amide bonds. The summed E-state index contributed by atoms with van der Waals surface area (Å²) in [6, 6.07) is 25.8. The van der Waals surface area contributed by atoms with Crippen LogP contribution in [0.5, 0.6) is 5.75 Å². The average molecular weight is 346 g/mol. The van der Waals surface area contributed by atoms with Crippen LogP contribution in [-0.4, -0.2) is 13.1 Å². The van der Waals surface area contributed by atoms with Crippen LogP contribution in [0.3, 0.4) is 0 Å². The van der Waals surface area contributed by atoms with Gasteiger partial charge >= 0.3 is 5.97 Å². The summed E-state index contributed by atoms with van der Waals surface area (Å²) in [6.07, 6.45) is 1.60. The normalized spacial score (nSPS) is 10.3. The lowest BCUT2D eigenvalue weighted by atomic mass is 9.99. The van der Waals surface area contributed by atoms with Gasteiger partial charge in [-0.2, -0.15) is 0 Å². The molecule has 0 atom stereocenters. The summed E-state index contributed by atoms with van der Waals surface area (Å²) in [5.41, 5.74) is 3.87. The first-order valence-corrected chi connectivity index (χ1v) is 8.68. The molecule has 26 heavy (non-hydrogen) atoms. The van der Waals surface area contributed by atoms with Gasteiger partial charge in [0.25, 0.3) is 0 Å². The van der Waals surface area contributed by atoms with Crippen molar-refractivity contribution in [1.29, 1.82) is 0 Å². The van der Waals surface area contributed by atoms with Crippen LogP contribution in [0.1, 0.15) is 27.0 Å². The van der Waals surface area contributed by atoms with E-state index in [0.717, 1.165) is 29.7 Å². The van der Waals surface area contributed by atoms with Crippen LogP contribution in [0.4, 0.5) is 0 Å². The predicted molar refractivity (Wildman–Crippen MR) is 102 cm³/mol. The molecule has 0 saturated heterocycles. The van der Waals surface area contributed by atoms with E-state index in [1.165, 1.54) is 12.7 Å². The summed E-state index contributed by atoms with van der Waals surface area (Å²) in [5.74, 6) is 0.437. The molecule has 0 bridgehead atoms. The Morgan fingerprint density at radius 2 is 1.46 bits per heavy atom. The maximum atomic E-state index is 12.1. The van der Waals surface area contributed by atoms with Gasteiger partial charge in [-0.25, -0.2) is 4.79 Å². The van der Waals surface area contributed by atoms with Crippen LogP contribution in [-0.2, 0) is 24.2 Å². The largest absolute Gasteiger partial charge is 0.489 e. The van der Waals surface area contributed by atoms with Crippen molar-refractivity contribution >= 4 is 5.97 Å². The first-order chi connectivity index (χ1) is 12.8. The summed E-state index contributed by atoms with van der Waals surface area (Å²) in [5, 5.41) is 0. The highest BCUT2D eigenvalue weighted by atomic mass is 16.5. The molecule has 0 fully saturated rings. The lowest BCUT2D eigenvalue weighted by molar-refractivity contribution is 0.0599. The van der Waals surface area contributed by atoms with E-state index in [0.29, 0.717) is 12.2 Å². The number of carbonyl (C=O) groups excluding carboxylic acids is 1. The van der Waals surface area contributed by atoms with Crippen molar-refractivity contribution in [3.8, 4) is 5.75 Å². The summed E-state index contributed by atoms with van der Waals surface area (Å²) in [7, 11) is 1.41. The number of rotatable bonds is 7. The van der Waals surface area contributed by atoms with Gasteiger partial charge in [-0.1, -0.05) is 60.7 Å². The first kappa shape index (κ1) is 17.7. The Kier molecular flexibility index (Phi) is 6.05. The second-order valence-corrected chi connectivity index (χ2v) is 6.07. The number of methoxy groups -OCH3 is 1. The van der Waals surface area contributed by atoms with Crippen molar-refractivity contribution in [1.82, 2.24) is 0 Å². The van der Waals surface area contributed by atoms with Crippen LogP contribution < -0.4 is 4.74 Å². The van der Waals surface area contributed by atoms with E-state index >= 15 is 0 Å². The zero-order valence-electron chi connectivity index (χ0n) is 14.9. The average Bonchev–Trinajstić information content (AvgIpc) is 2.71. The van der Waals surface area contributed by atoms with Crippen molar-refractivity contribution in [2.75, 3.05) is 7.11 Å². The molecule has 3 heteroatoms. The highest BCUT2D eigenvalue weighted by Gasteiger charge is 2.13. The molecule has 132 valence electrons. The van der Waals surface area contributed by atoms with Gasteiger partial charge in [0.2, 0.25) is 0 Å². The van der Waals surface area contributed by atoms with E-state index in [1.54, 1.807) is 6.07 Å². The molecular formula is C23H22O3. The molecule has 0 N–H and O–H groups in total. The maximum absolute atomic E-state index is 12.1. The molecular weight excluding hydrogens is 324 g/mol. The highest BCUT2D eigenvalue weighted by molar-refractivity contribution is 5.91. The molecule has 3 aromatic rings. The zero-order chi connectivity index (χ0) is 18.2. The van der Waals surface area contributed by atoms with Gasteiger partial charge in [0.1, 0.15) is 12.4 Å². The number of hydrogen-bond acceptors (Lipinski definition) is 3. The van der Waals surface area contributed by atoms with Gasteiger partial charge in [-0.15, -0.1) is 0 Å². The molecule has 0 unspecified atom stereocenters. The van der Waals surface area contributed by atoms with Crippen molar-refractivity contribution in [2.24, 2.45) is 0 Å². The molecule has 0 heterocycles. The third-order valence-corrected chi connectivity index (χ3v) is 4.26. The van der Waals surface area contributed by atoms with E-state index in [4.69, 9.17) is 9.47 Å². The molecule has 0 spiro atoms. The van der Waals surface area contributed by atoms with Crippen molar-refractivity contribution in [3.63, 3.8) is 0 Å². The number of esters is 1. The molecule has 3 rings (SSSR count). The number of carbonyl (C=O) groups is 1. The fourth-order valence-electron chi connectivity index (χ4n) is 2.84. The SMILES string of the molecule is COC(=O)c1ccc(OCc2ccccc2)cc1CCc1ccccc1. The minimum atomic E-state index is -0.317. The van der Waals surface area contributed by atoms with Crippen LogP contribution >= 0.6 is 0 Å². The van der Waals surface area contributed by atoms with Gasteiger partial charge in [-0.05, 0) is 47.7 Å². The minimum absolute atomic E-state index is 0.317. The molecule has 0 aliphatic carbocycles. The second kappa shape index (κ2) is 8.86. The monoisotopic (exact) mass is 346 g/mol. The Labute approximate surface area is 154 Å². The second-order valence-electron chi connectivity index (χ2n) is 6.07. The quantitative estimate of drug-likeness (QED) is 0.574. The minimum Gasteiger partial charge on any atom is -0.489 e. The lowest BCUT2D eigenvalue weighted by Gasteiger charge is -2.12. The van der Waals surface area contributed by atoms with Crippen LogP contribution in [0.25, 0.3) is 0 Å². The van der Waals surface area contributed by atoms with Gasteiger partial charge < -0.3 is 9.47 Å². The zero-order valence-corrected chi connectivity index (χ0v) is 14.9. The third-order valence-electron chi connectivity index (χ3n) is 4.26. The molecule has 3 aromatic carbocycles. The highest BCUT2D eigenvalue weighted by Crippen LogP contribution is 2.22. The fourth-order valence-corrected chi connectivity index (χ4v) is 2.84. The molecule has 0 aliphatic heterocycles. The van der Waals surface area contributed by atoms with E-state index in [9.17, 15) is 4.79 Å². The Morgan fingerprint density at radius 1 is 0.808 bits per heavy atom. The number of ether oxygens (including phenoxy) is 2.